The molecule has 0 radical (unpaired) electrons. The lowest BCUT2D eigenvalue weighted by atomic mass is 10.0. The zero-order chi connectivity index (χ0) is 17.3. The summed E-state index contributed by atoms with van der Waals surface area (Å²) < 4.78 is 45.5. The molecule has 0 aliphatic carbocycles. The number of carbonyl (C=O) groups excluding carboxylic acids is 1. The number of rotatable bonds is 9. The lowest BCUT2D eigenvalue weighted by Gasteiger charge is -2.35. The van der Waals surface area contributed by atoms with Crippen LogP contribution in [0, 0.1) is 5.92 Å². The Balaban J connectivity index is 2.28. The highest BCUT2D eigenvalue weighted by Gasteiger charge is 2.27. The van der Waals surface area contributed by atoms with Gasteiger partial charge < -0.3 is 14.8 Å². The molecule has 0 aromatic heterocycles. The van der Waals surface area contributed by atoms with Crippen LogP contribution in [0.15, 0.2) is 0 Å². The quantitative estimate of drug-likeness (QED) is 0.651. The van der Waals surface area contributed by atoms with Crippen molar-refractivity contribution in [3.8, 4) is 0 Å². The Morgan fingerprint density at radius 3 is 2.52 bits per heavy atom. The van der Waals surface area contributed by atoms with Gasteiger partial charge in [0.15, 0.2) is 0 Å². The van der Waals surface area contributed by atoms with E-state index in [1.165, 1.54) is 0 Å². The highest BCUT2D eigenvalue weighted by molar-refractivity contribution is 5.75. The second-order valence-corrected chi connectivity index (χ2v) is 6.15. The Morgan fingerprint density at radius 2 is 1.96 bits per heavy atom. The molecule has 0 bridgehead atoms. The van der Waals surface area contributed by atoms with Crippen molar-refractivity contribution in [3.63, 3.8) is 0 Å². The monoisotopic (exact) mass is 340 g/mol. The molecule has 1 heterocycles. The molecule has 1 N–H and O–H groups in total. The van der Waals surface area contributed by atoms with Crippen molar-refractivity contribution in [2.45, 2.75) is 38.9 Å². The van der Waals surface area contributed by atoms with Gasteiger partial charge in [0.2, 0.25) is 5.91 Å². The first-order valence-corrected chi connectivity index (χ1v) is 8.01. The molecule has 0 aromatic carbocycles. The lowest BCUT2D eigenvalue weighted by molar-refractivity contribution is -0.174. The normalized spacial score (nSPS) is 18.2. The molecule has 5 nitrogen and oxygen atoms in total. The van der Waals surface area contributed by atoms with E-state index in [1.54, 1.807) is 0 Å². The molecule has 1 amide bonds. The molecule has 1 unspecified atom stereocenters. The smallest absolute Gasteiger partial charge is 0.379 e. The number of nitrogens with one attached hydrogen (secondary N) is 1. The first-order valence-electron chi connectivity index (χ1n) is 8.01. The second kappa shape index (κ2) is 10.1. The summed E-state index contributed by atoms with van der Waals surface area (Å²) in [6, 6.07) is 0.221. The number of alkyl halides is 3. The van der Waals surface area contributed by atoms with Crippen LogP contribution in [0.2, 0.25) is 0 Å². The third kappa shape index (κ3) is 9.78. The van der Waals surface area contributed by atoms with Gasteiger partial charge in [-0.2, -0.15) is 13.2 Å². The molecule has 0 saturated carbocycles. The van der Waals surface area contributed by atoms with Gasteiger partial charge in [0.05, 0.1) is 19.8 Å². The summed E-state index contributed by atoms with van der Waals surface area (Å²) in [5, 5.41) is 2.80. The van der Waals surface area contributed by atoms with E-state index < -0.39 is 12.8 Å². The maximum Gasteiger partial charge on any atom is 0.411 e. The van der Waals surface area contributed by atoms with E-state index in [1.807, 2.05) is 0 Å². The van der Waals surface area contributed by atoms with Crippen LogP contribution in [0.3, 0.4) is 0 Å². The molecule has 1 aliphatic rings. The van der Waals surface area contributed by atoms with Gasteiger partial charge in [0.1, 0.15) is 6.61 Å². The predicted molar refractivity (Wildman–Crippen MR) is 80.1 cm³/mol. The van der Waals surface area contributed by atoms with Crippen LogP contribution in [-0.4, -0.2) is 69.1 Å². The fourth-order valence-corrected chi connectivity index (χ4v) is 2.52. The van der Waals surface area contributed by atoms with E-state index in [4.69, 9.17) is 4.74 Å². The maximum atomic E-state index is 11.9. The molecular weight excluding hydrogens is 313 g/mol. The van der Waals surface area contributed by atoms with E-state index in [2.05, 4.69) is 28.8 Å². The zero-order valence-corrected chi connectivity index (χ0v) is 13.8. The first kappa shape index (κ1) is 20.2. The summed E-state index contributed by atoms with van der Waals surface area (Å²) in [5.41, 5.74) is 0. The number of nitrogens with zero attached hydrogens (tertiary/aromatic N) is 1. The molecule has 0 aromatic rings. The van der Waals surface area contributed by atoms with Gasteiger partial charge >= 0.3 is 6.18 Å². The minimum atomic E-state index is -4.35. The van der Waals surface area contributed by atoms with Crippen LogP contribution in [0.25, 0.3) is 0 Å². The predicted octanol–water partition coefficient (Wildman–Crippen LogP) is 1.82. The maximum absolute atomic E-state index is 11.9. The van der Waals surface area contributed by atoms with Crippen molar-refractivity contribution in [1.29, 1.82) is 0 Å². The van der Waals surface area contributed by atoms with Crippen LogP contribution in [-0.2, 0) is 14.3 Å². The number of halogens is 3. The highest BCUT2D eigenvalue weighted by Crippen LogP contribution is 2.15. The fourth-order valence-electron chi connectivity index (χ4n) is 2.52. The lowest BCUT2D eigenvalue weighted by Crippen LogP contribution is -2.49. The second-order valence-electron chi connectivity index (χ2n) is 6.15. The van der Waals surface area contributed by atoms with Gasteiger partial charge in [-0.1, -0.05) is 13.8 Å². The average Bonchev–Trinajstić information content (AvgIpc) is 2.47. The van der Waals surface area contributed by atoms with Crippen LogP contribution in [0.4, 0.5) is 13.2 Å². The Bertz CT molecular complexity index is 345. The van der Waals surface area contributed by atoms with Gasteiger partial charge in [0, 0.05) is 32.1 Å². The topological polar surface area (TPSA) is 50.8 Å². The van der Waals surface area contributed by atoms with Crippen molar-refractivity contribution in [2.75, 3.05) is 46.1 Å². The molecule has 1 saturated heterocycles. The summed E-state index contributed by atoms with van der Waals surface area (Å²) in [6.07, 6.45) is -3.46. The number of ether oxygens (including phenoxy) is 2. The molecule has 1 aliphatic heterocycles. The Morgan fingerprint density at radius 1 is 1.30 bits per heavy atom. The molecule has 23 heavy (non-hydrogen) atoms. The van der Waals surface area contributed by atoms with Crippen molar-refractivity contribution >= 4 is 5.91 Å². The van der Waals surface area contributed by atoms with Gasteiger partial charge in [0.25, 0.3) is 0 Å². The highest BCUT2D eigenvalue weighted by atomic mass is 19.4. The SMILES string of the molecule is CC(C)CC(CNC(=O)CCOCC(F)(F)F)N1CCOCC1. The number of carbonyl (C=O) groups is 1. The van der Waals surface area contributed by atoms with E-state index in [0.29, 0.717) is 25.7 Å². The summed E-state index contributed by atoms with van der Waals surface area (Å²) in [5.74, 6) is 0.212. The van der Waals surface area contributed by atoms with E-state index in [0.717, 1.165) is 19.5 Å². The Labute approximate surface area is 135 Å². The molecule has 8 heteroatoms. The van der Waals surface area contributed by atoms with E-state index in [9.17, 15) is 18.0 Å². The van der Waals surface area contributed by atoms with Gasteiger partial charge in [-0.15, -0.1) is 0 Å². The summed E-state index contributed by atoms with van der Waals surface area (Å²) in [6.45, 7) is 6.25. The molecule has 0 spiro atoms. The van der Waals surface area contributed by atoms with Crippen LogP contribution in [0.1, 0.15) is 26.7 Å². The standard InChI is InChI=1S/C15H27F3N2O3/c1-12(2)9-13(20-4-7-22-8-5-20)10-19-14(21)3-6-23-11-15(16,17)18/h12-13H,3-11H2,1-2H3,(H,19,21). The molecule has 1 rings (SSSR count). The van der Waals surface area contributed by atoms with Crippen molar-refractivity contribution in [3.05, 3.63) is 0 Å². The van der Waals surface area contributed by atoms with Crippen LogP contribution in [0.5, 0.6) is 0 Å². The first-order chi connectivity index (χ1) is 10.8. The fraction of sp³-hybridized carbons (Fsp3) is 0.933. The number of morpholine rings is 1. The minimum absolute atomic E-state index is 0.0619. The Kier molecular flexibility index (Phi) is 8.86. The number of amides is 1. The van der Waals surface area contributed by atoms with Crippen molar-refractivity contribution in [2.24, 2.45) is 5.92 Å². The summed E-state index contributed by atoms with van der Waals surface area (Å²) >= 11 is 0. The molecule has 1 atom stereocenters. The number of hydrogen-bond donors (Lipinski definition) is 1. The van der Waals surface area contributed by atoms with Gasteiger partial charge in [-0.3, -0.25) is 9.69 Å². The van der Waals surface area contributed by atoms with Gasteiger partial charge in [-0.05, 0) is 12.3 Å². The third-order valence-electron chi connectivity index (χ3n) is 3.58. The molecule has 136 valence electrons. The largest absolute Gasteiger partial charge is 0.411 e. The van der Waals surface area contributed by atoms with Crippen LogP contribution >= 0.6 is 0 Å². The average molecular weight is 340 g/mol. The molecule has 1 fully saturated rings. The van der Waals surface area contributed by atoms with Crippen molar-refractivity contribution < 1.29 is 27.4 Å². The number of hydrogen-bond acceptors (Lipinski definition) is 4. The van der Waals surface area contributed by atoms with E-state index in [-0.39, 0.29) is 25.0 Å². The van der Waals surface area contributed by atoms with Crippen LogP contribution < -0.4 is 5.32 Å². The minimum Gasteiger partial charge on any atom is -0.379 e. The molecular formula is C15H27F3N2O3. The Hall–Kier alpha value is -0.860. The summed E-state index contributed by atoms with van der Waals surface area (Å²) in [4.78, 5) is 14.0. The van der Waals surface area contributed by atoms with E-state index >= 15 is 0 Å². The van der Waals surface area contributed by atoms with Gasteiger partial charge in [-0.25, -0.2) is 0 Å². The third-order valence-corrected chi connectivity index (χ3v) is 3.58. The zero-order valence-electron chi connectivity index (χ0n) is 13.8. The van der Waals surface area contributed by atoms with Crippen molar-refractivity contribution in [1.82, 2.24) is 10.2 Å². The summed E-state index contributed by atoms with van der Waals surface area (Å²) in [7, 11) is 0.